The molecule has 24 heavy (non-hydrogen) atoms. The Kier molecular flexibility index (Phi) is 3.62. The summed E-state index contributed by atoms with van der Waals surface area (Å²) in [6.07, 6.45) is 1.56. The Balaban J connectivity index is 1.73. The number of carboxylic acid groups (broad SMARTS) is 1. The zero-order valence-corrected chi connectivity index (χ0v) is 12.9. The molecular weight excluding hydrogens is 308 g/mol. The first-order valence-corrected chi connectivity index (χ1v) is 7.72. The summed E-state index contributed by atoms with van der Waals surface area (Å²) in [5, 5.41) is 9.95. The van der Waals surface area contributed by atoms with Crippen LogP contribution >= 0.6 is 0 Å². The first kappa shape index (κ1) is 14.6. The summed E-state index contributed by atoms with van der Waals surface area (Å²) in [6.45, 7) is 3.00. The van der Waals surface area contributed by atoms with Crippen LogP contribution in [0.15, 0.2) is 36.7 Å². The van der Waals surface area contributed by atoms with Crippen LogP contribution in [0.3, 0.4) is 0 Å². The molecule has 1 aromatic carbocycles. The third-order valence-electron chi connectivity index (χ3n) is 4.16. The standard InChI is InChI=1S/C17H16N4O3/c22-17(23)12-3-1-11(2-4-12)14-9-13-15(20-14)18-10-19-16(13)21-5-7-24-8-6-21/h1-4,9-10H,5-8H2,(H,22,23)(H,18,19,20). The lowest BCUT2D eigenvalue weighted by Crippen LogP contribution is -2.36. The molecule has 4 rings (SSSR count). The fourth-order valence-corrected chi connectivity index (χ4v) is 2.90. The van der Waals surface area contributed by atoms with E-state index in [4.69, 9.17) is 9.84 Å². The first-order valence-electron chi connectivity index (χ1n) is 7.72. The van der Waals surface area contributed by atoms with Crippen molar-refractivity contribution in [3.05, 3.63) is 42.2 Å². The van der Waals surface area contributed by atoms with Crippen molar-refractivity contribution >= 4 is 22.8 Å². The normalized spacial score (nSPS) is 14.9. The van der Waals surface area contributed by atoms with E-state index in [0.717, 1.165) is 41.2 Å². The maximum atomic E-state index is 11.0. The lowest BCUT2D eigenvalue weighted by molar-refractivity contribution is 0.0697. The number of nitrogens with one attached hydrogen (secondary N) is 1. The van der Waals surface area contributed by atoms with E-state index in [-0.39, 0.29) is 5.56 Å². The summed E-state index contributed by atoms with van der Waals surface area (Å²) in [6, 6.07) is 8.78. The van der Waals surface area contributed by atoms with Gasteiger partial charge in [0.2, 0.25) is 0 Å². The smallest absolute Gasteiger partial charge is 0.335 e. The van der Waals surface area contributed by atoms with Crippen molar-refractivity contribution in [2.45, 2.75) is 0 Å². The third-order valence-corrected chi connectivity index (χ3v) is 4.16. The number of anilines is 1. The zero-order chi connectivity index (χ0) is 16.5. The highest BCUT2D eigenvalue weighted by Crippen LogP contribution is 2.29. The SMILES string of the molecule is O=C(O)c1ccc(-c2cc3c(N4CCOCC4)ncnc3[nH]2)cc1. The van der Waals surface area contributed by atoms with Gasteiger partial charge < -0.3 is 19.7 Å². The van der Waals surface area contributed by atoms with Crippen molar-refractivity contribution < 1.29 is 14.6 Å². The van der Waals surface area contributed by atoms with Crippen LogP contribution in [0.4, 0.5) is 5.82 Å². The van der Waals surface area contributed by atoms with E-state index < -0.39 is 5.97 Å². The van der Waals surface area contributed by atoms with E-state index in [0.29, 0.717) is 13.2 Å². The van der Waals surface area contributed by atoms with Crippen molar-refractivity contribution in [1.82, 2.24) is 15.0 Å². The Bertz CT molecular complexity index is 882. The van der Waals surface area contributed by atoms with E-state index in [2.05, 4.69) is 19.9 Å². The quantitative estimate of drug-likeness (QED) is 0.767. The Morgan fingerprint density at radius 2 is 1.92 bits per heavy atom. The van der Waals surface area contributed by atoms with Crippen molar-refractivity contribution in [3.8, 4) is 11.3 Å². The predicted octanol–water partition coefficient (Wildman–Crippen LogP) is 2.16. The van der Waals surface area contributed by atoms with Crippen LogP contribution in [0.25, 0.3) is 22.3 Å². The number of H-pyrrole nitrogens is 1. The van der Waals surface area contributed by atoms with Crippen molar-refractivity contribution in [2.24, 2.45) is 0 Å². The maximum absolute atomic E-state index is 11.0. The summed E-state index contributed by atoms with van der Waals surface area (Å²) in [5.41, 5.74) is 2.83. The van der Waals surface area contributed by atoms with Crippen molar-refractivity contribution in [3.63, 3.8) is 0 Å². The molecule has 0 bridgehead atoms. The number of carbonyl (C=O) groups is 1. The lowest BCUT2D eigenvalue weighted by Gasteiger charge is -2.27. The highest BCUT2D eigenvalue weighted by molar-refractivity contribution is 5.92. The van der Waals surface area contributed by atoms with Crippen LogP contribution < -0.4 is 4.90 Å². The van der Waals surface area contributed by atoms with Gasteiger partial charge in [-0.25, -0.2) is 14.8 Å². The molecule has 2 N–H and O–H groups in total. The van der Waals surface area contributed by atoms with E-state index in [9.17, 15) is 4.79 Å². The molecule has 0 radical (unpaired) electrons. The molecule has 3 aromatic rings. The number of aromatic carboxylic acids is 1. The molecule has 0 amide bonds. The average molecular weight is 324 g/mol. The molecular formula is C17H16N4O3. The zero-order valence-electron chi connectivity index (χ0n) is 12.9. The summed E-state index contributed by atoms with van der Waals surface area (Å²) in [5.74, 6) is -0.0355. The van der Waals surface area contributed by atoms with Crippen LogP contribution in [-0.4, -0.2) is 52.3 Å². The van der Waals surface area contributed by atoms with Crippen LogP contribution in [0.1, 0.15) is 10.4 Å². The number of aromatic nitrogens is 3. The summed E-state index contributed by atoms with van der Waals surface area (Å²) in [7, 11) is 0. The minimum Gasteiger partial charge on any atom is -0.478 e. The molecule has 1 saturated heterocycles. The first-order chi connectivity index (χ1) is 11.7. The van der Waals surface area contributed by atoms with E-state index in [1.165, 1.54) is 0 Å². The van der Waals surface area contributed by atoms with E-state index in [1.54, 1.807) is 30.6 Å². The van der Waals surface area contributed by atoms with Gasteiger partial charge in [-0.1, -0.05) is 12.1 Å². The second-order valence-electron chi connectivity index (χ2n) is 5.62. The van der Waals surface area contributed by atoms with Gasteiger partial charge in [-0.2, -0.15) is 0 Å². The maximum Gasteiger partial charge on any atom is 0.335 e. The summed E-state index contributed by atoms with van der Waals surface area (Å²) in [4.78, 5) is 25.2. The topological polar surface area (TPSA) is 91.3 Å². The van der Waals surface area contributed by atoms with E-state index >= 15 is 0 Å². The number of ether oxygens (including phenoxy) is 1. The van der Waals surface area contributed by atoms with Gasteiger partial charge in [-0.05, 0) is 23.8 Å². The highest BCUT2D eigenvalue weighted by atomic mass is 16.5. The van der Waals surface area contributed by atoms with Crippen LogP contribution in [0.2, 0.25) is 0 Å². The number of hydrogen-bond acceptors (Lipinski definition) is 5. The van der Waals surface area contributed by atoms with Crippen molar-refractivity contribution in [2.75, 3.05) is 31.2 Å². The van der Waals surface area contributed by atoms with Gasteiger partial charge in [0.05, 0.1) is 24.2 Å². The number of fused-ring (bicyclic) bond motifs is 1. The highest BCUT2D eigenvalue weighted by Gasteiger charge is 2.17. The lowest BCUT2D eigenvalue weighted by atomic mass is 10.1. The molecule has 0 spiro atoms. The van der Waals surface area contributed by atoms with Gasteiger partial charge in [0.1, 0.15) is 17.8 Å². The molecule has 3 heterocycles. The summed E-state index contributed by atoms with van der Waals surface area (Å²) < 4.78 is 5.40. The fourth-order valence-electron chi connectivity index (χ4n) is 2.90. The van der Waals surface area contributed by atoms with Gasteiger partial charge in [0.15, 0.2) is 0 Å². The number of morpholine rings is 1. The number of rotatable bonds is 3. The fraction of sp³-hybridized carbons (Fsp3) is 0.235. The Labute approximate surface area is 137 Å². The molecule has 1 aliphatic rings. The van der Waals surface area contributed by atoms with Crippen LogP contribution in [0, 0.1) is 0 Å². The van der Waals surface area contributed by atoms with Crippen LogP contribution in [-0.2, 0) is 4.74 Å². The second-order valence-corrected chi connectivity index (χ2v) is 5.62. The monoisotopic (exact) mass is 324 g/mol. The molecule has 0 atom stereocenters. The van der Waals surface area contributed by atoms with Gasteiger partial charge in [-0.15, -0.1) is 0 Å². The molecule has 0 aliphatic carbocycles. The average Bonchev–Trinajstić information content (AvgIpc) is 3.06. The molecule has 7 heteroatoms. The van der Waals surface area contributed by atoms with Gasteiger partial charge in [-0.3, -0.25) is 0 Å². The summed E-state index contributed by atoms with van der Waals surface area (Å²) >= 11 is 0. The predicted molar refractivity (Wildman–Crippen MR) is 89.3 cm³/mol. The number of hydrogen-bond donors (Lipinski definition) is 2. The third kappa shape index (κ3) is 2.59. The molecule has 1 aliphatic heterocycles. The second kappa shape index (κ2) is 5.93. The largest absolute Gasteiger partial charge is 0.478 e. The van der Waals surface area contributed by atoms with Gasteiger partial charge in [0.25, 0.3) is 0 Å². The minimum absolute atomic E-state index is 0.267. The number of benzene rings is 1. The Hall–Kier alpha value is -2.93. The number of aromatic amines is 1. The molecule has 1 fully saturated rings. The molecule has 0 saturated carbocycles. The minimum atomic E-state index is -0.932. The Morgan fingerprint density at radius 3 is 2.62 bits per heavy atom. The van der Waals surface area contributed by atoms with Gasteiger partial charge in [0, 0.05) is 18.8 Å². The van der Waals surface area contributed by atoms with E-state index in [1.807, 2.05) is 6.07 Å². The number of carboxylic acids is 1. The molecule has 7 nitrogen and oxygen atoms in total. The molecule has 122 valence electrons. The van der Waals surface area contributed by atoms with Gasteiger partial charge >= 0.3 is 5.97 Å². The van der Waals surface area contributed by atoms with Crippen molar-refractivity contribution in [1.29, 1.82) is 0 Å². The molecule has 0 unspecified atom stereocenters. The van der Waals surface area contributed by atoms with Crippen LogP contribution in [0.5, 0.6) is 0 Å². The number of nitrogens with zero attached hydrogens (tertiary/aromatic N) is 3. The molecule has 2 aromatic heterocycles. The Morgan fingerprint density at radius 1 is 1.17 bits per heavy atom.